The van der Waals surface area contributed by atoms with Crippen LogP contribution in [-0.4, -0.2) is 43.0 Å². The molecule has 0 unspecified atom stereocenters. The quantitative estimate of drug-likeness (QED) is 0.277. The summed E-state index contributed by atoms with van der Waals surface area (Å²) in [6, 6.07) is 19.7. The van der Waals surface area contributed by atoms with Crippen molar-refractivity contribution < 1.29 is 28.5 Å². The number of rotatable bonds is 8. The zero-order valence-electron chi connectivity index (χ0n) is 20.8. The molecule has 0 amide bonds. The fourth-order valence-electron chi connectivity index (χ4n) is 3.86. The number of esters is 2. The van der Waals surface area contributed by atoms with Crippen molar-refractivity contribution in [3.05, 3.63) is 94.1 Å². The molecule has 0 radical (unpaired) electrons. The summed E-state index contributed by atoms with van der Waals surface area (Å²) in [4.78, 5) is 25.8. The SMILES string of the molecule is COC(=O)c1c(-c2ccc(OC)c(COc3ccc(Cl)c(C)c3)c2)nn(-c2ccccc2)c1C(=O)OC. The Morgan fingerprint density at radius 3 is 2.30 bits per heavy atom. The van der Waals surface area contributed by atoms with Gasteiger partial charge in [0.15, 0.2) is 5.69 Å². The highest BCUT2D eigenvalue weighted by atomic mass is 35.5. The third-order valence-electron chi connectivity index (χ3n) is 5.73. The van der Waals surface area contributed by atoms with Gasteiger partial charge in [0.1, 0.15) is 29.4 Å². The molecule has 0 aliphatic heterocycles. The summed E-state index contributed by atoms with van der Waals surface area (Å²) in [6.45, 7) is 2.07. The van der Waals surface area contributed by atoms with Gasteiger partial charge in [-0.15, -0.1) is 0 Å². The van der Waals surface area contributed by atoms with Gasteiger partial charge in [-0.3, -0.25) is 0 Å². The Hall–Kier alpha value is -4.30. The molecule has 0 fully saturated rings. The minimum atomic E-state index is -0.724. The zero-order valence-corrected chi connectivity index (χ0v) is 21.5. The third-order valence-corrected chi connectivity index (χ3v) is 6.16. The van der Waals surface area contributed by atoms with E-state index in [0.29, 0.717) is 33.3 Å². The maximum atomic E-state index is 12.9. The van der Waals surface area contributed by atoms with Crippen LogP contribution < -0.4 is 9.47 Å². The Labute approximate surface area is 219 Å². The summed E-state index contributed by atoms with van der Waals surface area (Å²) in [6.07, 6.45) is 0. The highest BCUT2D eigenvalue weighted by Gasteiger charge is 2.31. The number of halogens is 1. The summed E-state index contributed by atoms with van der Waals surface area (Å²) >= 11 is 6.12. The highest BCUT2D eigenvalue weighted by Crippen LogP contribution is 2.33. The van der Waals surface area contributed by atoms with Crippen LogP contribution in [0.3, 0.4) is 0 Å². The molecule has 0 atom stereocenters. The molecule has 4 aromatic rings. The molecular weight excluding hydrogens is 496 g/mol. The lowest BCUT2D eigenvalue weighted by atomic mass is 10.0. The molecule has 0 aliphatic rings. The van der Waals surface area contributed by atoms with Crippen LogP contribution in [0.1, 0.15) is 32.0 Å². The van der Waals surface area contributed by atoms with Gasteiger partial charge in [0, 0.05) is 16.1 Å². The Kier molecular flexibility index (Phi) is 7.79. The molecule has 1 heterocycles. The normalized spacial score (nSPS) is 10.6. The predicted molar refractivity (Wildman–Crippen MR) is 139 cm³/mol. The summed E-state index contributed by atoms with van der Waals surface area (Å²) in [7, 11) is 4.05. The molecule has 0 bridgehead atoms. The van der Waals surface area contributed by atoms with Crippen molar-refractivity contribution in [1.29, 1.82) is 0 Å². The van der Waals surface area contributed by atoms with Gasteiger partial charge in [-0.05, 0) is 61.0 Å². The first kappa shape index (κ1) is 25.8. The molecule has 3 aromatic carbocycles. The van der Waals surface area contributed by atoms with Gasteiger partial charge in [0.05, 0.1) is 27.0 Å². The number of methoxy groups -OCH3 is 3. The standard InChI is InChI=1S/C28H25ClN2O6/c1-17-14-21(11-12-22(17)29)37-16-19-15-18(10-13-23(19)34-2)25-24(27(32)35-3)26(28(33)36-4)31(30-25)20-8-6-5-7-9-20/h5-15H,16H2,1-4H3. The topological polar surface area (TPSA) is 88.9 Å². The van der Waals surface area contributed by atoms with Crippen LogP contribution in [-0.2, 0) is 16.1 Å². The van der Waals surface area contributed by atoms with Crippen molar-refractivity contribution >= 4 is 23.5 Å². The number of nitrogens with zero attached hydrogens (tertiary/aromatic N) is 2. The first-order valence-electron chi connectivity index (χ1n) is 11.3. The maximum Gasteiger partial charge on any atom is 0.357 e. The van der Waals surface area contributed by atoms with Gasteiger partial charge in [-0.2, -0.15) is 5.10 Å². The van der Waals surface area contributed by atoms with E-state index in [1.807, 2.05) is 19.1 Å². The lowest BCUT2D eigenvalue weighted by molar-refractivity contribution is 0.0549. The van der Waals surface area contributed by atoms with Crippen molar-refractivity contribution in [1.82, 2.24) is 9.78 Å². The number of aryl methyl sites for hydroxylation is 1. The Morgan fingerprint density at radius 1 is 0.919 bits per heavy atom. The predicted octanol–water partition coefficient (Wildman–Crippen LogP) is 5.66. The second kappa shape index (κ2) is 11.2. The van der Waals surface area contributed by atoms with E-state index in [4.69, 9.17) is 30.5 Å². The van der Waals surface area contributed by atoms with Gasteiger partial charge in [0.25, 0.3) is 0 Å². The molecule has 1 aromatic heterocycles. The Morgan fingerprint density at radius 2 is 1.65 bits per heavy atom. The van der Waals surface area contributed by atoms with Crippen molar-refractivity contribution in [3.63, 3.8) is 0 Å². The maximum absolute atomic E-state index is 12.9. The number of carbonyl (C=O) groups excluding carboxylic acids is 2. The van der Waals surface area contributed by atoms with Crippen LogP contribution in [0, 0.1) is 6.92 Å². The molecule has 0 aliphatic carbocycles. The van der Waals surface area contributed by atoms with Gasteiger partial charge in [-0.25, -0.2) is 14.3 Å². The summed E-state index contributed by atoms with van der Waals surface area (Å²) in [5, 5.41) is 5.29. The van der Waals surface area contributed by atoms with E-state index in [-0.39, 0.29) is 23.6 Å². The molecule has 0 spiro atoms. The van der Waals surface area contributed by atoms with E-state index in [0.717, 1.165) is 5.56 Å². The van der Waals surface area contributed by atoms with Crippen LogP contribution in [0.25, 0.3) is 16.9 Å². The molecule has 0 saturated heterocycles. The minimum absolute atomic E-state index is 0.0106. The number of benzene rings is 3. The van der Waals surface area contributed by atoms with E-state index in [1.165, 1.54) is 18.9 Å². The average molecular weight is 521 g/mol. The summed E-state index contributed by atoms with van der Waals surface area (Å²) in [5.74, 6) is -0.211. The second-order valence-corrected chi connectivity index (χ2v) is 8.44. The molecule has 8 nitrogen and oxygen atoms in total. The molecular formula is C28H25ClN2O6. The molecule has 37 heavy (non-hydrogen) atoms. The fraction of sp³-hybridized carbons (Fsp3) is 0.179. The lowest BCUT2D eigenvalue weighted by Crippen LogP contribution is -2.15. The van der Waals surface area contributed by atoms with E-state index >= 15 is 0 Å². The van der Waals surface area contributed by atoms with E-state index in [1.54, 1.807) is 61.7 Å². The summed E-state index contributed by atoms with van der Waals surface area (Å²) in [5.41, 5.74) is 2.94. The van der Waals surface area contributed by atoms with Crippen molar-refractivity contribution in [2.45, 2.75) is 13.5 Å². The van der Waals surface area contributed by atoms with E-state index < -0.39 is 11.9 Å². The summed E-state index contributed by atoms with van der Waals surface area (Å²) < 4.78 is 22.9. The van der Waals surface area contributed by atoms with E-state index in [2.05, 4.69) is 5.10 Å². The van der Waals surface area contributed by atoms with Gasteiger partial charge in [-0.1, -0.05) is 29.8 Å². The number of para-hydroxylation sites is 1. The molecule has 0 N–H and O–H groups in total. The molecule has 0 saturated carbocycles. The molecule has 190 valence electrons. The largest absolute Gasteiger partial charge is 0.496 e. The number of hydrogen-bond donors (Lipinski definition) is 0. The Bertz CT molecular complexity index is 1450. The molecule has 4 rings (SSSR count). The first-order valence-corrected chi connectivity index (χ1v) is 11.7. The second-order valence-electron chi connectivity index (χ2n) is 8.03. The fourth-order valence-corrected chi connectivity index (χ4v) is 3.98. The zero-order chi connectivity index (χ0) is 26.5. The van der Waals surface area contributed by atoms with E-state index in [9.17, 15) is 9.59 Å². The third kappa shape index (κ3) is 5.29. The molecule has 9 heteroatoms. The Balaban J connectivity index is 1.83. The van der Waals surface area contributed by atoms with Crippen LogP contribution in [0.2, 0.25) is 5.02 Å². The van der Waals surface area contributed by atoms with Crippen LogP contribution in [0.5, 0.6) is 11.5 Å². The van der Waals surface area contributed by atoms with Crippen molar-refractivity contribution in [3.8, 4) is 28.4 Å². The lowest BCUT2D eigenvalue weighted by Gasteiger charge is -2.13. The monoisotopic (exact) mass is 520 g/mol. The highest BCUT2D eigenvalue weighted by molar-refractivity contribution is 6.31. The number of ether oxygens (including phenoxy) is 4. The number of carbonyl (C=O) groups is 2. The smallest absolute Gasteiger partial charge is 0.357 e. The van der Waals surface area contributed by atoms with Crippen molar-refractivity contribution in [2.75, 3.05) is 21.3 Å². The minimum Gasteiger partial charge on any atom is -0.496 e. The van der Waals surface area contributed by atoms with Gasteiger partial charge in [0.2, 0.25) is 0 Å². The first-order chi connectivity index (χ1) is 17.9. The number of aromatic nitrogens is 2. The van der Waals surface area contributed by atoms with Gasteiger partial charge >= 0.3 is 11.9 Å². The average Bonchev–Trinajstić information content (AvgIpc) is 3.34. The number of hydrogen-bond acceptors (Lipinski definition) is 7. The van der Waals surface area contributed by atoms with Crippen LogP contribution in [0.4, 0.5) is 0 Å². The van der Waals surface area contributed by atoms with Crippen molar-refractivity contribution in [2.24, 2.45) is 0 Å². The van der Waals surface area contributed by atoms with Crippen LogP contribution in [0.15, 0.2) is 66.7 Å². The van der Waals surface area contributed by atoms with Crippen LogP contribution >= 0.6 is 11.6 Å². The van der Waals surface area contributed by atoms with Gasteiger partial charge < -0.3 is 18.9 Å².